The number of hydrogen-bond acceptors (Lipinski definition) is 5. The van der Waals surface area contributed by atoms with Crippen molar-refractivity contribution in [2.45, 2.75) is 6.54 Å². The van der Waals surface area contributed by atoms with Gasteiger partial charge in [0.05, 0.1) is 21.5 Å². The zero-order valence-electron chi connectivity index (χ0n) is 18.6. The van der Waals surface area contributed by atoms with Gasteiger partial charge in [-0.1, -0.05) is 60.1 Å². The molecule has 0 saturated carbocycles. The van der Waals surface area contributed by atoms with Crippen LogP contribution in [-0.4, -0.2) is 22.0 Å². The van der Waals surface area contributed by atoms with Crippen molar-refractivity contribution in [3.05, 3.63) is 116 Å². The maximum absolute atomic E-state index is 13.1. The summed E-state index contributed by atoms with van der Waals surface area (Å²) in [5.41, 5.74) is 1.96. The third kappa shape index (κ3) is 5.09. The van der Waals surface area contributed by atoms with Gasteiger partial charge in [-0.2, -0.15) is 0 Å². The lowest BCUT2D eigenvalue weighted by molar-refractivity contribution is -0.123. The first kappa shape index (κ1) is 24.3. The molecule has 5 nitrogen and oxygen atoms in total. The molecular weight excluding hydrogens is 562 g/mol. The van der Waals surface area contributed by atoms with Crippen LogP contribution in [0.3, 0.4) is 0 Å². The lowest BCUT2D eigenvalue weighted by Crippen LogP contribution is -2.27. The van der Waals surface area contributed by atoms with Crippen LogP contribution in [0.2, 0.25) is 5.02 Å². The average Bonchev–Trinajstić information content (AvgIpc) is 3.13. The Morgan fingerprint density at radius 1 is 0.972 bits per heavy atom. The van der Waals surface area contributed by atoms with Crippen molar-refractivity contribution in [1.82, 2.24) is 4.90 Å². The molecule has 4 aromatic rings. The molecular formula is C28H17BrClNO4S. The highest BCUT2D eigenvalue weighted by Crippen LogP contribution is 2.35. The highest BCUT2D eigenvalue weighted by atomic mass is 79.9. The number of carbonyl (C=O) groups excluding carboxylic acids is 3. The Morgan fingerprint density at radius 2 is 1.72 bits per heavy atom. The number of esters is 1. The van der Waals surface area contributed by atoms with Gasteiger partial charge in [0.15, 0.2) is 0 Å². The molecule has 5 rings (SSSR count). The number of nitrogens with zero attached hydrogens (tertiary/aromatic N) is 1. The fraction of sp³-hybridized carbons (Fsp3) is 0.0357. The van der Waals surface area contributed by atoms with Crippen LogP contribution in [0.4, 0.5) is 4.79 Å². The third-order valence-electron chi connectivity index (χ3n) is 5.62. The molecule has 0 radical (unpaired) electrons. The minimum atomic E-state index is -0.519. The van der Waals surface area contributed by atoms with E-state index in [1.54, 1.807) is 48.5 Å². The Labute approximate surface area is 224 Å². The van der Waals surface area contributed by atoms with Gasteiger partial charge in [0.2, 0.25) is 0 Å². The molecule has 2 amide bonds. The number of ether oxygens (including phenoxy) is 1. The highest BCUT2D eigenvalue weighted by molar-refractivity contribution is 9.10. The summed E-state index contributed by atoms with van der Waals surface area (Å²) in [7, 11) is 0. The summed E-state index contributed by atoms with van der Waals surface area (Å²) >= 11 is 10.2. The number of hydrogen-bond donors (Lipinski definition) is 0. The Kier molecular flexibility index (Phi) is 6.96. The summed E-state index contributed by atoms with van der Waals surface area (Å²) in [6.07, 6.45) is 1.66. The molecule has 0 bridgehead atoms. The zero-order valence-corrected chi connectivity index (χ0v) is 21.8. The molecule has 4 aromatic carbocycles. The summed E-state index contributed by atoms with van der Waals surface area (Å²) in [5, 5.41) is 2.28. The predicted octanol–water partition coefficient (Wildman–Crippen LogP) is 7.71. The molecule has 0 spiro atoms. The van der Waals surface area contributed by atoms with E-state index in [-0.39, 0.29) is 17.7 Å². The highest BCUT2D eigenvalue weighted by Gasteiger charge is 2.35. The molecule has 1 heterocycles. The summed E-state index contributed by atoms with van der Waals surface area (Å²) in [6, 6.07) is 25.2. The Balaban J connectivity index is 1.32. The summed E-state index contributed by atoms with van der Waals surface area (Å²) in [5.74, 6) is -0.530. The Hall–Kier alpha value is -3.39. The van der Waals surface area contributed by atoms with Crippen molar-refractivity contribution in [2.24, 2.45) is 0 Å². The number of benzene rings is 4. The summed E-state index contributed by atoms with van der Waals surface area (Å²) in [4.78, 5) is 39.7. The number of thioether (sulfide) groups is 1. The maximum Gasteiger partial charge on any atom is 0.343 e. The van der Waals surface area contributed by atoms with E-state index in [0.29, 0.717) is 31.3 Å². The van der Waals surface area contributed by atoms with Crippen LogP contribution in [-0.2, 0) is 11.3 Å². The van der Waals surface area contributed by atoms with E-state index in [0.717, 1.165) is 28.1 Å². The largest absolute Gasteiger partial charge is 0.422 e. The lowest BCUT2D eigenvalue weighted by atomic mass is 10.0. The van der Waals surface area contributed by atoms with Crippen LogP contribution in [0.5, 0.6) is 5.75 Å². The second kappa shape index (κ2) is 10.3. The van der Waals surface area contributed by atoms with Crippen LogP contribution in [0, 0.1) is 0 Å². The molecule has 178 valence electrons. The van der Waals surface area contributed by atoms with E-state index in [1.807, 2.05) is 42.5 Å². The molecule has 0 aromatic heterocycles. The molecule has 0 unspecified atom stereocenters. The van der Waals surface area contributed by atoms with E-state index in [4.69, 9.17) is 16.3 Å². The molecule has 1 saturated heterocycles. The molecule has 0 atom stereocenters. The smallest absolute Gasteiger partial charge is 0.343 e. The van der Waals surface area contributed by atoms with Gasteiger partial charge < -0.3 is 4.74 Å². The van der Waals surface area contributed by atoms with Crippen molar-refractivity contribution in [3.63, 3.8) is 0 Å². The Bertz CT molecular complexity index is 1550. The molecule has 36 heavy (non-hydrogen) atoms. The predicted molar refractivity (Wildman–Crippen MR) is 146 cm³/mol. The monoisotopic (exact) mass is 577 g/mol. The Morgan fingerprint density at radius 3 is 2.50 bits per heavy atom. The van der Waals surface area contributed by atoms with Gasteiger partial charge in [0.1, 0.15) is 5.75 Å². The van der Waals surface area contributed by atoms with Gasteiger partial charge in [-0.3, -0.25) is 14.5 Å². The van der Waals surface area contributed by atoms with Crippen molar-refractivity contribution in [3.8, 4) is 5.75 Å². The van der Waals surface area contributed by atoms with Gasteiger partial charge >= 0.3 is 5.97 Å². The van der Waals surface area contributed by atoms with E-state index in [2.05, 4.69) is 15.9 Å². The minimum absolute atomic E-state index is 0.201. The van der Waals surface area contributed by atoms with Gasteiger partial charge in [-0.05, 0) is 92.1 Å². The van der Waals surface area contributed by atoms with Crippen molar-refractivity contribution in [1.29, 1.82) is 0 Å². The number of carbonyl (C=O) groups is 3. The number of halogens is 2. The van der Waals surface area contributed by atoms with E-state index < -0.39 is 5.97 Å². The normalized spacial score (nSPS) is 14.6. The lowest BCUT2D eigenvalue weighted by Gasteiger charge is -2.14. The van der Waals surface area contributed by atoms with Crippen LogP contribution >= 0.6 is 39.3 Å². The van der Waals surface area contributed by atoms with Gasteiger partial charge in [-0.25, -0.2) is 4.79 Å². The van der Waals surface area contributed by atoms with Crippen LogP contribution in [0.15, 0.2) is 94.3 Å². The maximum atomic E-state index is 13.1. The van der Waals surface area contributed by atoms with Crippen LogP contribution in [0.1, 0.15) is 21.5 Å². The first-order valence-corrected chi connectivity index (χ1v) is 12.9. The minimum Gasteiger partial charge on any atom is -0.422 e. The number of rotatable bonds is 5. The fourth-order valence-electron chi connectivity index (χ4n) is 3.82. The molecule has 0 N–H and O–H groups in total. The zero-order chi connectivity index (χ0) is 25.2. The first-order valence-electron chi connectivity index (χ1n) is 10.9. The molecule has 1 aliphatic heterocycles. The van der Waals surface area contributed by atoms with Crippen LogP contribution < -0.4 is 4.74 Å². The van der Waals surface area contributed by atoms with Crippen molar-refractivity contribution < 1.29 is 19.1 Å². The number of imide groups is 1. The van der Waals surface area contributed by atoms with Gasteiger partial charge in [-0.15, -0.1) is 0 Å². The van der Waals surface area contributed by atoms with Crippen molar-refractivity contribution >= 4 is 73.3 Å². The first-order chi connectivity index (χ1) is 17.4. The van der Waals surface area contributed by atoms with E-state index in [1.165, 1.54) is 4.90 Å². The third-order valence-corrected chi connectivity index (χ3v) is 7.40. The van der Waals surface area contributed by atoms with Crippen LogP contribution in [0.25, 0.3) is 16.8 Å². The summed E-state index contributed by atoms with van der Waals surface area (Å²) in [6.45, 7) is 0.201. The number of fused-ring (bicyclic) bond motifs is 1. The quantitative estimate of drug-likeness (QED) is 0.138. The average molecular weight is 579 g/mol. The van der Waals surface area contributed by atoms with E-state index >= 15 is 0 Å². The van der Waals surface area contributed by atoms with Gasteiger partial charge in [0.25, 0.3) is 11.1 Å². The summed E-state index contributed by atoms with van der Waals surface area (Å²) < 4.78 is 6.00. The second-order valence-electron chi connectivity index (χ2n) is 7.99. The van der Waals surface area contributed by atoms with E-state index in [9.17, 15) is 14.4 Å². The molecule has 1 aliphatic rings. The SMILES string of the molecule is O=C(Oc1ccc(/C=C2\SC(=O)N(Cc3cccc4ccccc34)C2=O)cc1Br)c1ccc(Cl)cc1. The van der Waals surface area contributed by atoms with Gasteiger partial charge in [0, 0.05) is 5.02 Å². The second-order valence-corrected chi connectivity index (χ2v) is 10.3. The fourth-order valence-corrected chi connectivity index (χ4v) is 5.26. The standard InChI is InChI=1S/C28H17BrClNO4S/c29-23-14-17(8-13-24(23)35-27(33)19-9-11-21(30)12-10-19)15-25-26(32)31(28(34)36-25)16-20-6-3-5-18-4-1-2-7-22(18)20/h1-15H,16H2/b25-15-. The molecule has 0 aliphatic carbocycles. The molecule has 1 fully saturated rings. The topological polar surface area (TPSA) is 63.7 Å². The van der Waals surface area contributed by atoms with Crippen molar-refractivity contribution in [2.75, 3.05) is 0 Å². The molecule has 8 heteroatoms. The number of amides is 2.